The van der Waals surface area contributed by atoms with Gasteiger partial charge in [-0.05, 0) is 132 Å². The van der Waals surface area contributed by atoms with Crippen LogP contribution in [-0.2, 0) is 75.2 Å². The molecule has 0 saturated carbocycles. The fraction of sp³-hybridized carbons (Fsp3) is 0.597. The van der Waals surface area contributed by atoms with E-state index in [9.17, 15) is 72.5 Å². The van der Waals surface area contributed by atoms with Gasteiger partial charge in [-0.1, -0.05) is 70.2 Å². The highest BCUT2D eigenvalue weighted by molar-refractivity contribution is 6.00. The molecule has 2 aromatic rings. The third-order valence-corrected chi connectivity index (χ3v) is 15.6. The summed E-state index contributed by atoms with van der Waals surface area (Å²) in [4.78, 5) is 179. The van der Waals surface area contributed by atoms with E-state index in [1.165, 1.54) is 34.1 Å². The highest BCUT2D eigenvalue weighted by atomic mass is 16.4. The summed E-state index contributed by atoms with van der Waals surface area (Å²) in [7, 11) is 0. The Morgan fingerprint density at radius 3 is 1.52 bits per heavy atom. The molecule has 0 spiro atoms. The molecule has 2 aliphatic rings. The Bertz CT molecular complexity index is 2860. The van der Waals surface area contributed by atoms with Crippen molar-refractivity contribution in [3.8, 4) is 5.75 Å². The molecule has 2 saturated heterocycles. The number of hydrogen-bond acceptors (Lipinski definition) is 17. The summed E-state index contributed by atoms with van der Waals surface area (Å²) < 4.78 is 0. The Kier molecular flexibility index (Phi) is 31.4. The number of phenolic OH excluding ortho intramolecular Hbond substituents is 1. The molecule has 0 aromatic heterocycles. The minimum Gasteiger partial charge on any atom is -0.508 e. The summed E-state index contributed by atoms with van der Waals surface area (Å²) in [5.41, 5.74) is 29.8. The number of carbonyl (C=O) groups excluding carboxylic acids is 12. The summed E-state index contributed by atoms with van der Waals surface area (Å²) in [6, 6.07) is 1.27. The van der Waals surface area contributed by atoms with Gasteiger partial charge in [-0.2, -0.15) is 0 Å². The third-order valence-electron chi connectivity index (χ3n) is 15.6. The SMILES string of the molecule is CC(C)C[C@H](NC(=O)[C@@H]1CCCN1C(=O)[C@H](CC(C)C)NC(=O)[C@H](CC(N)=O)NC(=O)[C@@H](N)Cc1ccccc1)C(=O)NCC(=O)N[C@@H](CC(N)=O)C(=O)N[C@@H](Cc1ccc(O)cc1)C(=O)N[C@@H](CCCCN)C(=O)N[C@@H](CCCCN)C(=O)N1CCC[C@H]1C(=O)O. The normalized spacial score (nSPS) is 17.1. The minimum atomic E-state index is -1.76. The number of nitrogens with zero attached hydrogens (tertiary/aromatic N) is 2. The van der Waals surface area contributed by atoms with E-state index in [0.29, 0.717) is 44.1 Å². The second-order valence-electron chi connectivity index (χ2n) is 24.3. The summed E-state index contributed by atoms with van der Waals surface area (Å²) in [6.07, 6.45) is 1.48. The first kappa shape index (κ1) is 75.7. The molecule has 2 aliphatic heterocycles. The van der Waals surface area contributed by atoms with Crippen LogP contribution >= 0.6 is 0 Å². The fourth-order valence-corrected chi connectivity index (χ4v) is 10.9. The maximum atomic E-state index is 14.4. The van der Waals surface area contributed by atoms with Crippen molar-refractivity contribution in [2.45, 2.75) is 191 Å². The number of aromatic hydroxyl groups is 1. The van der Waals surface area contributed by atoms with E-state index in [2.05, 4.69) is 42.5 Å². The molecule has 0 unspecified atom stereocenters. The number of unbranched alkanes of at least 4 members (excludes halogenated alkanes) is 2. The standard InChI is InChI=1S/C62H95N15O15/c1-35(2)28-43(74-59(88)48-18-12-26-76(48)61(90)47(29-36(3)4)75-58(87)46(33-51(67)80)72-53(82)40(65)30-37-14-6-5-7-15-37)54(83)68-34-52(81)69-45(32-50(66)79)57(86)73-44(31-38-20-22-39(78)23-21-38)56(85)70-41(16-8-10-24-63)55(84)71-42(17-9-11-25-64)60(89)77-27-13-19-49(77)62(91)92/h5-7,14-15,20-23,35-36,40-49,78H,8-13,16-19,24-34,63-65H2,1-4H3,(H2,66,79)(H2,67,80)(H,68,83)(H,69,81)(H,70,85)(H,71,84)(H,72,82)(H,73,86)(H,74,88)(H,75,87)(H,91,92)/t40-,41-,42-,43-,44-,45-,46-,47-,48-,49-/m0/s1. The lowest BCUT2D eigenvalue weighted by Crippen LogP contribution is -2.60. The highest BCUT2D eigenvalue weighted by Gasteiger charge is 2.42. The zero-order valence-electron chi connectivity index (χ0n) is 53.0. The number of hydrogen-bond donors (Lipinski definition) is 15. The number of nitrogens with one attached hydrogen (secondary N) is 8. The van der Waals surface area contributed by atoms with Crippen LogP contribution in [0.3, 0.4) is 0 Å². The summed E-state index contributed by atoms with van der Waals surface area (Å²) in [6.45, 7) is 7.09. The van der Waals surface area contributed by atoms with Crippen LogP contribution in [0.2, 0.25) is 0 Å². The summed E-state index contributed by atoms with van der Waals surface area (Å²) in [5.74, 6) is -12.0. The number of phenols is 1. The van der Waals surface area contributed by atoms with Crippen LogP contribution in [-0.4, -0.2) is 190 Å². The number of amides is 12. The van der Waals surface area contributed by atoms with E-state index in [1.807, 2.05) is 0 Å². The molecule has 0 aliphatic carbocycles. The molecule has 10 atom stereocenters. The van der Waals surface area contributed by atoms with Gasteiger partial charge in [-0.25, -0.2) is 4.79 Å². The van der Waals surface area contributed by atoms with Crippen LogP contribution in [0.1, 0.15) is 129 Å². The van der Waals surface area contributed by atoms with Crippen molar-refractivity contribution in [1.29, 1.82) is 0 Å². The van der Waals surface area contributed by atoms with Crippen LogP contribution in [0.5, 0.6) is 5.75 Å². The molecule has 0 bridgehead atoms. The first-order chi connectivity index (χ1) is 43.6. The minimum absolute atomic E-state index is 0.00565. The number of rotatable bonds is 39. The monoisotopic (exact) mass is 1290 g/mol. The van der Waals surface area contributed by atoms with E-state index in [-0.39, 0.29) is 95.1 Å². The predicted molar refractivity (Wildman–Crippen MR) is 336 cm³/mol. The molecule has 508 valence electrons. The van der Waals surface area contributed by atoms with Crippen LogP contribution in [0, 0.1) is 11.8 Å². The zero-order chi connectivity index (χ0) is 68.2. The van der Waals surface area contributed by atoms with Crippen molar-refractivity contribution in [3.05, 3.63) is 65.7 Å². The third kappa shape index (κ3) is 25.1. The van der Waals surface area contributed by atoms with Gasteiger partial charge in [0.15, 0.2) is 0 Å². The predicted octanol–water partition coefficient (Wildman–Crippen LogP) is -2.82. The van der Waals surface area contributed by atoms with Gasteiger partial charge < -0.3 is 91.2 Å². The van der Waals surface area contributed by atoms with Crippen molar-refractivity contribution < 1.29 is 72.5 Å². The second kappa shape index (κ2) is 38.2. The molecular weight excluding hydrogens is 1190 g/mol. The number of likely N-dealkylation sites (tertiary alicyclic amines) is 2. The Morgan fingerprint density at radius 1 is 0.511 bits per heavy atom. The Balaban J connectivity index is 1.49. The van der Waals surface area contributed by atoms with Gasteiger partial charge in [0.05, 0.1) is 25.4 Å². The number of benzene rings is 2. The molecular formula is C62H95N15O15. The molecule has 2 fully saturated rings. The number of carboxylic acids is 1. The van der Waals surface area contributed by atoms with Crippen molar-refractivity contribution in [3.63, 3.8) is 0 Å². The average molecular weight is 1290 g/mol. The van der Waals surface area contributed by atoms with Crippen LogP contribution in [0.4, 0.5) is 0 Å². The van der Waals surface area contributed by atoms with Gasteiger partial charge >= 0.3 is 5.97 Å². The number of carboxylic acid groups (broad SMARTS) is 1. The molecule has 0 radical (unpaired) electrons. The van der Waals surface area contributed by atoms with Crippen molar-refractivity contribution in [2.75, 3.05) is 32.7 Å². The largest absolute Gasteiger partial charge is 0.508 e. The van der Waals surface area contributed by atoms with E-state index in [0.717, 1.165) is 5.56 Å². The van der Waals surface area contributed by atoms with Crippen molar-refractivity contribution >= 4 is 76.9 Å². The first-order valence-corrected chi connectivity index (χ1v) is 31.4. The van der Waals surface area contributed by atoms with Gasteiger partial charge in [0.1, 0.15) is 60.1 Å². The van der Waals surface area contributed by atoms with Gasteiger partial charge in [0.2, 0.25) is 70.9 Å². The highest BCUT2D eigenvalue weighted by Crippen LogP contribution is 2.23. The molecule has 30 nitrogen and oxygen atoms in total. The van der Waals surface area contributed by atoms with E-state index >= 15 is 0 Å². The molecule has 2 heterocycles. The van der Waals surface area contributed by atoms with Gasteiger partial charge in [-0.3, -0.25) is 57.5 Å². The molecule has 92 heavy (non-hydrogen) atoms. The van der Waals surface area contributed by atoms with Gasteiger partial charge in [0, 0.05) is 19.5 Å². The van der Waals surface area contributed by atoms with Crippen LogP contribution < -0.4 is 71.2 Å². The van der Waals surface area contributed by atoms with Crippen molar-refractivity contribution in [2.24, 2.45) is 40.5 Å². The maximum absolute atomic E-state index is 14.4. The van der Waals surface area contributed by atoms with Gasteiger partial charge in [-0.15, -0.1) is 0 Å². The molecule has 30 heteroatoms. The fourth-order valence-electron chi connectivity index (χ4n) is 10.9. The van der Waals surface area contributed by atoms with E-state index in [1.54, 1.807) is 58.0 Å². The average Bonchev–Trinajstić information content (AvgIpc) is 1.79. The number of primary amides is 2. The van der Waals surface area contributed by atoms with E-state index < -0.39 is 157 Å². The number of carbonyl (C=O) groups is 13. The maximum Gasteiger partial charge on any atom is 0.326 e. The van der Waals surface area contributed by atoms with Crippen LogP contribution in [0.15, 0.2) is 54.6 Å². The Labute approximate surface area is 535 Å². The van der Waals surface area contributed by atoms with Gasteiger partial charge in [0.25, 0.3) is 0 Å². The molecule has 12 amide bonds. The van der Waals surface area contributed by atoms with E-state index in [4.69, 9.17) is 28.7 Å². The molecule has 4 rings (SSSR count). The first-order valence-electron chi connectivity index (χ1n) is 31.4. The molecule has 20 N–H and O–H groups in total. The summed E-state index contributed by atoms with van der Waals surface area (Å²) >= 11 is 0. The Morgan fingerprint density at radius 2 is 0.967 bits per heavy atom. The zero-order valence-corrected chi connectivity index (χ0v) is 53.0. The number of aliphatic carboxylic acids is 1. The lowest BCUT2D eigenvalue weighted by atomic mass is 10.0. The smallest absolute Gasteiger partial charge is 0.326 e. The second-order valence-corrected chi connectivity index (χ2v) is 24.3. The lowest BCUT2D eigenvalue weighted by Gasteiger charge is -2.31. The Hall–Kier alpha value is -8.77. The number of nitrogens with two attached hydrogens (primary N) is 5. The lowest BCUT2D eigenvalue weighted by molar-refractivity contribution is -0.149. The molecule has 2 aromatic carbocycles. The quantitative estimate of drug-likeness (QED) is 0.0300. The summed E-state index contributed by atoms with van der Waals surface area (Å²) in [5, 5.41) is 40.4. The van der Waals surface area contributed by atoms with Crippen LogP contribution in [0.25, 0.3) is 0 Å². The topological polar surface area (TPSA) is 495 Å². The van der Waals surface area contributed by atoms with Crippen molar-refractivity contribution in [1.82, 2.24) is 52.3 Å².